The van der Waals surface area contributed by atoms with E-state index in [1.165, 1.54) is 0 Å². The van der Waals surface area contributed by atoms with Gasteiger partial charge >= 0.3 is 0 Å². The summed E-state index contributed by atoms with van der Waals surface area (Å²) in [7, 11) is 1.57. The maximum Gasteiger partial charge on any atom is 0.261 e. The van der Waals surface area contributed by atoms with Crippen molar-refractivity contribution < 1.29 is 14.3 Å². The zero-order valence-corrected chi connectivity index (χ0v) is 11.3. The van der Waals surface area contributed by atoms with Crippen LogP contribution in [0.4, 0.5) is 0 Å². The van der Waals surface area contributed by atoms with Gasteiger partial charge in [0.15, 0.2) is 6.10 Å². The summed E-state index contributed by atoms with van der Waals surface area (Å²) in [6.07, 6.45) is 0.999. The number of hydrogen-bond acceptors (Lipinski definition) is 4. The lowest BCUT2D eigenvalue weighted by Crippen LogP contribution is -2.36. The summed E-state index contributed by atoms with van der Waals surface area (Å²) >= 11 is 0. The van der Waals surface area contributed by atoms with Crippen molar-refractivity contribution in [2.75, 3.05) is 13.7 Å². The second-order valence-electron chi connectivity index (χ2n) is 3.97. The van der Waals surface area contributed by atoms with Gasteiger partial charge in [0.1, 0.15) is 11.5 Å². The summed E-state index contributed by atoms with van der Waals surface area (Å²) in [6.45, 7) is 5.96. The summed E-state index contributed by atoms with van der Waals surface area (Å²) in [6, 6.07) is 5.35. The van der Waals surface area contributed by atoms with E-state index in [2.05, 4.69) is 11.9 Å². The average molecular weight is 264 g/mol. The molecule has 1 aromatic rings. The van der Waals surface area contributed by atoms with E-state index < -0.39 is 6.10 Å². The van der Waals surface area contributed by atoms with Crippen molar-refractivity contribution in [3.8, 4) is 11.5 Å². The zero-order valence-electron chi connectivity index (χ0n) is 11.3. The summed E-state index contributed by atoms with van der Waals surface area (Å²) < 4.78 is 10.8. The number of methoxy groups -OCH3 is 1. The Balaban J connectivity index is 2.79. The Morgan fingerprint density at radius 1 is 1.58 bits per heavy atom. The highest BCUT2D eigenvalue weighted by Crippen LogP contribution is 2.25. The monoisotopic (exact) mass is 264 g/mol. The van der Waals surface area contributed by atoms with Gasteiger partial charge in [-0.1, -0.05) is 12.1 Å². The topological polar surface area (TPSA) is 73.6 Å². The molecule has 5 nitrogen and oxygen atoms in total. The summed E-state index contributed by atoms with van der Waals surface area (Å²) in [5.41, 5.74) is 6.46. The fraction of sp³-hybridized carbons (Fsp3) is 0.357. The van der Waals surface area contributed by atoms with Crippen molar-refractivity contribution >= 4 is 5.91 Å². The minimum absolute atomic E-state index is 0.203. The minimum atomic E-state index is -0.614. The quantitative estimate of drug-likeness (QED) is 0.726. The SMILES string of the molecule is C=CCNC(=O)C(C)Oc1cc(OC)ccc1CN. The van der Waals surface area contributed by atoms with Gasteiger partial charge in [0, 0.05) is 24.7 Å². The Morgan fingerprint density at radius 3 is 2.89 bits per heavy atom. The van der Waals surface area contributed by atoms with E-state index in [9.17, 15) is 4.79 Å². The van der Waals surface area contributed by atoms with Crippen LogP contribution in [0.15, 0.2) is 30.9 Å². The molecule has 0 radical (unpaired) electrons. The molecule has 0 spiro atoms. The number of rotatable bonds is 7. The predicted molar refractivity (Wildman–Crippen MR) is 74.2 cm³/mol. The molecule has 0 aromatic heterocycles. The Hall–Kier alpha value is -2.01. The van der Waals surface area contributed by atoms with Crippen molar-refractivity contribution in [3.63, 3.8) is 0 Å². The molecule has 0 saturated heterocycles. The first-order chi connectivity index (χ1) is 9.12. The summed E-state index contributed by atoms with van der Waals surface area (Å²) in [5, 5.41) is 2.67. The van der Waals surface area contributed by atoms with E-state index in [0.717, 1.165) is 5.56 Å². The molecule has 5 heteroatoms. The lowest BCUT2D eigenvalue weighted by Gasteiger charge is -2.17. The van der Waals surface area contributed by atoms with Crippen LogP contribution in [-0.2, 0) is 11.3 Å². The Morgan fingerprint density at radius 2 is 2.32 bits per heavy atom. The molecule has 0 heterocycles. The van der Waals surface area contributed by atoms with Crippen LogP contribution in [0.3, 0.4) is 0 Å². The maximum absolute atomic E-state index is 11.7. The molecule has 0 bridgehead atoms. The van der Waals surface area contributed by atoms with E-state index in [4.69, 9.17) is 15.2 Å². The lowest BCUT2D eigenvalue weighted by atomic mass is 10.2. The third-order valence-electron chi connectivity index (χ3n) is 2.59. The van der Waals surface area contributed by atoms with E-state index in [1.54, 1.807) is 32.2 Å². The van der Waals surface area contributed by atoms with Crippen molar-refractivity contribution in [2.24, 2.45) is 5.73 Å². The second kappa shape index (κ2) is 7.43. The maximum atomic E-state index is 11.7. The molecule has 3 N–H and O–H groups in total. The van der Waals surface area contributed by atoms with Crippen molar-refractivity contribution in [2.45, 2.75) is 19.6 Å². The van der Waals surface area contributed by atoms with Crippen LogP contribution in [-0.4, -0.2) is 25.7 Å². The average Bonchev–Trinajstić information content (AvgIpc) is 2.44. The highest BCUT2D eigenvalue weighted by Gasteiger charge is 2.15. The number of hydrogen-bond donors (Lipinski definition) is 2. The Labute approximate surface area is 113 Å². The highest BCUT2D eigenvalue weighted by molar-refractivity contribution is 5.80. The van der Waals surface area contributed by atoms with Crippen LogP contribution >= 0.6 is 0 Å². The molecular weight excluding hydrogens is 244 g/mol. The standard InChI is InChI=1S/C14H20N2O3/c1-4-7-16-14(17)10(2)19-13-8-12(18-3)6-5-11(13)9-15/h4-6,8,10H,1,7,9,15H2,2-3H3,(H,16,17). The van der Waals surface area contributed by atoms with E-state index in [0.29, 0.717) is 24.6 Å². The third-order valence-corrected chi connectivity index (χ3v) is 2.59. The third kappa shape index (κ3) is 4.30. The number of amides is 1. The van der Waals surface area contributed by atoms with Crippen LogP contribution in [0.25, 0.3) is 0 Å². The van der Waals surface area contributed by atoms with Crippen LogP contribution in [0, 0.1) is 0 Å². The highest BCUT2D eigenvalue weighted by atomic mass is 16.5. The first-order valence-corrected chi connectivity index (χ1v) is 6.04. The molecule has 0 aliphatic rings. The molecule has 1 rings (SSSR count). The summed E-state index contributed by atoms with van der Waals surface area (Å²) in [4.78, 5) is 11.7. The molecule has 0 fully saturated rings. The van der Waals surface area contributed by atoms with Crippen LogP contribution in [0.1, 0.15) is 12.5 Å². The minimum Gasteiger partial charge on any atom is -0.497 e. The first kappa shape index (κ1) is 15.0. The van der Waals surface area contributed by atoms with Crippen molar-refractivity contribution in [1.29, 1.82) is 0 Å². The largest absolute Gasteiger partial charge is 0.497 e. The molecule has 0 saturated carbocycles. The fourth-order valence-corrected chi connectivity index (χ4v) is 1.50. The number of ether oxygens (including phenoxy) is 2. The van der Waals surface area contributed by atoms with Gasteiger partial charge in [-0.15, -0.1) is 6.58 Å². The molecule has 19 heavy (non-hydrogen) atoms. The Bertz CT molecular complexity index is 446. The summed E-state index contributed by atoms with van der Waals surface area (Å²) in [5.74, 6) is 1.01. The molecule has 1 aromatic carbocycles. The van der Waals surface area contributed by atoms with Gasteiger partial charge in [0.05, 0.1) is 7.11 Å². The predicted octanol–water partition coefficient (Wildman–Crippen LogP) is 1.22. The van der Waals surface area contributed by atoms with E-state index in [-0.39, 0.29) is 5.91 Å². The Kier molecular flexibility index (Phi) is 5.89. The van der Waals surface area contributed by atoms with Crippen LogP contribution in [0.5, 0.6) is 11.5 Å². The molecule has 1 atom stereocenters. The van der Waals surface area contributed by atoms with Gasteiger partial charge in [-0.05, 0) is 13.0 Å². The molecular formula is C14H20N2O3. The number of carbonyl (C=O) groups excluding carboxylic acids is 1. The number of nitrogens with one attached hydrogen (secondary N) is 1. The molecule has 0 aliphatic heterocycles. The molecule has 0 aliphatic carbocycles. The molecule has 104 valence electrons. The van der Waals surface area contributed by atoms with Gasteiger partial charge in [0.2, 0.25) is 0 Å². The zero-order chi connectivity index (χ0) is 14.3. The normalized spacial score (nSPS) is 11.5. The van der Waals surface area contributed by atoms with Gasteiger partial charge in [-0.2, -0.15) is 0 Å². The first-order valence-electron chi connectivity index (χ1n) is 6.04. The fourth-order valence-electron chi connectivity index (χ4n) is 1.50. The van der Waals surface area contributed by atoms with E-state index in [1.807, 2.05) is 6.07 Å². The van der Waals surface area contributed by atoms with E-state index >= 15 is 0 Å². The number of benzene rings is 1. The van der Waals surface area contributed by atoms with Crippen LogP contribution < -0.4 is 20.5 Å². The van der Waals surface area contributed by atoms with Gasteiger partial charge in [-0.3, -0.25) is 4.79 Å². The van der Waals surface area contributed by atoms with Gasteiger partial charge in [-0.25, -0.2) is 0 Å². The smallest absolute Gasteiger partial charge is 0.261 e. The van der Waals surface area contributed by atoms with Crippen molar-refractivity contribution in [1.82, 2.24) is 5.32 Å². The number of nitrogens with two attached hydrogens (primary N) is 1. The van der Waals surface area contributed by atoms with Gasteiger partial charge in [0.25, 0.3) is 5.91 Å². The van der Waals surface area contributed by atoms with Crippen molar-refractivity contribution in [3.05, 3.63) is 36.4 Å². The second-order valence-corrected chi connectivity index (χ2v) is 3.97. The molecule has 1 unspecified atom stereocenters. The lowest BCUT2D eigenvalue weighted by molar-refractivity contribution is -0.127. The van der Waals surface area contributed by atoms with Gasteiger partial charge < -0.3 is 20.5 Å². The molecule has 1 amide bonds. The number of carbonyl (C=O) groups is 1. The van der Waals surface area contributed by atoms with Crippen LogP contribution in [0.2, 0.25) is 0 Å².